The molecule has 0 fully saturated rings. The second kappa shape index (κ2) is 7.30. The van der Waals surface area contributed by atoms with Crippen LogP contribution in [0.4, 0.5) is 23.4 Å². The van der Waals surface area contributed by atoms with E-state index in [4.69, 9.17) is 0 Å². The Morgan fingerprint density at radius 1 is 1.23 bits per heavy atom. The Bertz CT molecular complexity index is 985. The van der Waals surface area contributed by atoms with Gasteiger partial charge in [-0.3, -0.25) is 0 Å². The number of anilines is 1. The average molecular weight is 379 g/mol. The molecule has 1 aromatic carbocycles. The van der Waals surface area contributed by atoms with Gasteiger partial charge in [0.05, 0.1) is 10.9 Å². The molecule has 1 unspecified atom stereocenters. The third-order valence-corrected chi connectivity index (χ3v) is 4.38. The summed E-state index contributed by atoms with van der Waals surface area (Å²) in [7, 11) is 0. The minimum absolute atomic E-state index is 0.143. The summed E-state index contributed by atoms with van der Waals surface area (Å²) in [5.41, 5.74) is -1.31. The van der Waals surface area contributed by atoms with Crippen LogP contribution in [-0.4, -0.2) is 16.0 Å². The molecule has 2 aromatic heterocycles. The molecule has 0 bridgehead atoms. The first-order valence-corrected chi connectivity index (χ1v) is 8.53. The van der Waals surface area contributed by atoms with Gasteiger partial charge in [0.25, 0.3) is 0 Å². The highest BCUT2D eigenvalue weighted by Crippen LogP contribution is 2.32. The van der Waals surface area contributed by atoms with Gasteiger partial charge in [0.1, 0.15) is 22.8 Å². The number of aromatic nitrogens is 2. The van der Waals surface area contributed by atoms with Crippen molar-refractivity contribution in [1.29, 1.82) is 0 Å². The largest absolute Gasteiger partial charge is 0.417 e. The molecule has 3 nitrogen and oxygen atoms in total. The fourth-order valence-corrected chi connectivity index (χ4v) is 3.08. The smallest absolute Gasteiger partial charge is 0.366 e. The molecular weight excluding hydrogens is 366 g/mol. The van der Waals surface area contributed by atoms with Crippen molar-refractivity contribution in [3.63, 3.8) is 0 Å². The Labute approximate surface area is 151 Å². The number of rotatable bonds is 3. The Hall–Kier alpha value is -2.66. The normalized spacial score (nSPS) is 12.5. The summed E-state index contributed by atoms with van der Waals surface area (Å²) in [5, 5.41) is 5.97. The first-order valence-electron chi connectivity index (χ1n) is 7.65. The quantitative estimate of drug-likeness (QED) is 0.509. The van der Waals surface area contributed by atoms with Gasteiger partial charge in [-0.2, -0.15) is 13.2 Å². The van der Waals surface area contributed by atoms with Gasteiger partial charge in [0, 0.05) is 18.0 Å². The molecule has 8 heteroatoms. The van der Waals surface area contributed by atoms with Crippen molar-refractivity contribution >= 4 is 27.4 Å². The van der Waals surface area contributed by atoms with Gasteiger partial charge in [-0.15, -0.1) is 11.3 Å². The zero-order valence-corrected chi connectivity index (χ0v) is 14.4. The van der Waals surface area contributed by atoms with E-state index in [1.807, 2.05) is 18.4 Å². The number of hydrogen-bond acceptors (Lipinski definition) is 4. The molecule has 134 valence electrons. The number of thiophene rings is 1. The van der Waals surface area contributed by atoms with E-state index >= 15 is 0 Å². The van der Waals surface area contributed by atoms with E-state index in [2.05, 4.69) is 27.1 Å². The highest BCUT2D eigenvalue weighted by molar-refractivity contribution is 7.16. The summed E-state index contributed by atoms with van der Waals surface area (Å²) < 4.78 is 52.0. The number of fused-ring (bicyclic) bond motifs is 1. The zero-order chi connectivity index (χ0) is 18.7. The number of hydrogen-bond donors (Lipinski definition) is 1. The zero-order valence-electron chi connectivity index (χ0n) is 13.6. The number of alkyl halides is 3. The Morgan fingerprint density at radius 2 is 2.04 bits per heavy atom. The Kier molecular flexibility index (Phi) is 5.09. The number of benzene rings is 1. The topological polar surface area (TPSA) is 37.8 Å². The van der Waals surface area contributed by atoms with E-state index in [1.54, 1.807) is 0 Å². The average Bonchev–Trinajstić information content (AvgIpc) is 3.05. The molecule has 0 saturated heterocycles. The third-order valence-electron chi connectivity index (χ3n) is 3.56. The van der Waals surface area contributed by atoms with E-state index in [9.17, 15) is 17.6 Å². The molecule has 0 aliphatic rings. The van der Waals surface area contributed by atoms with Crippen molar-refractivity contribution in [2.24, 2.45) is 0 Å². The highest BCUT2D eigenvalue weighted by Gasteiger charge is 2.33. The van der Waals surface area contributed by atoms with Crippen molar-refractivity contribution in [2.45, 2.75) is 25.6 Å². The molecule has 0 aliphatic heterocycles. The first kappa shape index (κ1) is 18.1. The lowest BCUT2D eigenvalue weighted by Gasteiger charge is -2.12. The van der Waals surface area contributed by atoms with E-state index in [-0.39, 0.29) is 11.6 Å². The van der Waals surface area contributed by atoms with E-state index in [0.29, 0.717) is 18.3 Å². The lowest BCUT2D eigenvalue weighted by molar-refractivity contribution is -0.137. The molecular formula is C18H13F4N3S. The number of nitrogens with one attached hydrogen (secondary N) is 1. The summed E-state index contributed by atoms with van der Waals surface area (Å²) in [5.74, 6) is 4.92. The summed E-state index contributed by atoms with van der Waals surface area (Å²) in [6.45, 7) is 1.85. The molecule has 2 heterocycles. The van der Waals surface area contributed by atoms with Crippen molar-refractivity contribution < 1.29 is 17.6 Å². The van der Waals surface area contributed by atoms with E-state index in [0.717, 1.165) is 22.3 Å². The summed E-state index contributed by atoms with van der Waals surface area (Å²) in [6.07, 6.45) is -2.90. The maximum Gasteiger partial charge on any atom is 0.417 e. The molecule has 1 N–H and O–H groups in total. The van der Waals surface area contributed by atoms with Crippen molar-refractivity contribution in [3.8, 4) is 11.8 Å². The molecule has 0 amide bonds. The maximum absolute atomic E-state index is 13.1. The minimum Gasteiger partial charge on any atom is -0.366 e. The van der Waals surface area contributed by atoms with Crippen molar-refractivity contribution in [2.75, 3.05) is 5.32 Å². The van der Waals surface area contributed by atoms with Crippen LogP contribution < -0.4 is 5.32 Å². The van der Waals surface area contributed by atoms with E-state index < -0.39 is 17.6 Å². The fraction of sp³-hybridized carbons (Fsp3) is 0.222. The van der Waals surface area contributed by atoms with Crippen LogP contribution in [0.2, 0.25) is 0 Å². The van der Waals surface area contributed by atoms with Gasteiger partial charge < -0.3 is 5.32 Å². The predicted molar refractivity (Wildman–Crippen MR) is 93.4 cm³/mol. The lowest BCUT2D eigenvalue weighted by atomic mass is 10.1. The summed E-state index contributed by atoms with van der Waals surface area (Å²) >= 11 is 1.49. The third kappa shape index (κ3) is 4.11. The van der Waals surface area contributed by atoms with Crippen LogP contribution in [0.5, 0.6) is 0 Å². The van der Waals surface area contributed by atoms with Crippen LogP contribution in [0.1, 0.15) is 24.5 Å². The monoisotopic (exact) mass is 379 g/mol. The second-order valence-electron chi connectivity index (χ2n) is 5.60. The van der Waals surface area contributed by atoms with Gasteiger partial charge in [-0.05, 0) is 36.6 Å². The summed E-state index contributed by atoms with van der Waals surface area (Å²) in [4.78, 5) is 9.19. The Balaban J connectivity index is 1.73. The number of nitrogens with zero attached hydrogens (tertiary/aromatic N) is 2. The fourth-order valence-electron chi connectivity index (χ4n) is 2.35. The van der Waals surface area contributed by atoms with Crippen LogP contribution in [-0.2, 0) is 6.18 Å². The molecule has 0 radical (unpaired) electrons. The Morgan fingerprint density at radius 3 is 2.81 bits per heavy atom. The van der Waals surface area contributed by atoms with Crippen molar-refractivity contribution in [3.05, 3.63) is 52.9 Å². The van der Waals surface area contributed by atoms with Crippen LogP contribution in [0.15, 0.2) is 36.0 Å². The molecule has 3 aromatic rings. The molecule has 3 rings (SSSR count). The highest BCUT2D eigenvalue weighted by atomic mass is 32.1. The van der Waals surface area contributed by atoms with E-state index in [1.165, 1.54) is 17.7 Å². The van der Waals surface area contributed by atoms with Gasteiger partial charge in [-0.25, -0.2) is 14.4 Å². The van der Waals surface area contributed by atoms with Gasteiger partial charge in [-0.1, -0.05) is 11.8 Å². The SMILES string of the molecule is CC(CC#Cc1ccc(F)cc1C(F)(F)F)Nc1ncnc2sccc12. The van der Waals surface area contributed by atoms with Crippen LogP contribution in [0.25, 0.3) is 10.2 Å². The predicted octanol–water partition coefficient (Wildman–Crippen LogP) is 5.09. The molecule has 26 heavy (non-hydrogen) atoms. The molecule has 0 spiro atoms. The van der Waals surface area contributed by atoms with Crippen LogP contribution in [0.3, 0.4) is 0 Å². The van der Waals surface area contributed by atoms with Gasteiger partial charge in [0.2, 0.25) is 0 Å². The van der Waals surface area contributed by atoms with Gasteiger partial charge >= 0.3 is 6.18 Å². The number of halogens is 4. The first-order chi connectivity index (χ1) is 12.3. The molecule has 0 saturated carbocycles. The minimum atomic E-state index is -4.65. The van der Waals surface area contributed by atoms with Gasteiger partial charge in [0.15, 0.2) is 0 Å². The van der Waals surface area contributed by atoms with Crippen LogP contribution >= 0.6 is 11.3 Å². The summed E-state index contributed by atoms with van der Waals surface area (Å²) in [6, 6.07) is 4.22. The molecule has 0 aliphatic carbocycles. The van der Waals surface area contributed by atoms with Crippen LogP contribution in [0, 0.1) is 17.7 Å². The lowest BCUT2D eigenvalue weighted by Crippen LogP contribution is -2.15. The second-order valence-corrected chi connectivity index (χ2v) is 6.50. The maximum atomic E-state index is 13.1. The standard InChI is InChI=1S/C18H13F4N3S/c1-11(25-16-14-7-8-26-17(14)24-10-23-16)3-2-4-12-5-6-13(19)9-15(12)18(20,21)22/h5-11H,3H2,1H3,(H,23,24,25). The van der Waals surface area contributed by atoms with Crippen molar-refractivity contribution in [1.82, 2.24) is 9.97 Å². The molecule has 1 atom stereocenters.